The average Bonchev–Trinajstić information content (AvgIpc) is 2.96. The predicted molar refractivity (Wildman–Crippen MR) is 104 cm³/mol. The standard InChI is InChI=1S/C20H17ClN2O6/c1-11(23-18(25)13-5-3-4-6-14(13)19(23)26)20(27)29-10-17(24)22-12-7-8-16(28-2)15(21)9-12/h3-9,11H,10H2,1-2H3,(H,22,24)/t11-/m0/s1. The van der Waals surface area contributed by atoms with Gasteiger partial charge in [0, 0.05) is 5.69 Å². The monoisotopic (exact) mass is 416 g/mol. The number of halogens is 1. The van der Waals surface area contributed by atoms with Crippen LogP contribution in [0.3, 0.4) is 0 Å². The highest BCUT2D eigenvalue weighted by Crippen LogP contribution is 2.27. The van der Waals surface area contributed by atoms with Gasteiger partial charge in [0.15, 0.2) is 6.61 Å². The number of nitrogens with one attached hydrogen (secondary N) is 1. The third-order valence-corrected chi connectivity index (χ3v) is 4.63. The van der Waals surface area contributed by atoms with Crippen molar-refractivity contribution in [2.24, 2.45) is 0 Å². The zero-order valence-corrected chi connectivity index (χ0v) is 16.4. The van der Waals surface area contributed by atoms with Crippen molar-refractivity contribution in [2.45, 2.75) is 13.0 Å². The highest BCUT2D eigenvalue weighted by atomic mass is 35.5. The Morgan fingerprint density at radius 2 is 1.72 bits per heavy atom. The minimum Gasteiger partial charge on any atom is -0.495 e. The average molecular weight is 417 g/mol. The lowest BCUT2D eigenvalue weighted by molar-refractivity contribution is -0.150. The van der Waals surface area contributed by atoms with Crippen LogP contribution in [-0.4, -0.2) is 48.3 Å². The summed E-state index contributed by atoms with van der Waals surface area (Å²) in [7, 11) is 1.47. The quantitative estimate of drug-likeness (QED) is 0.573. The Labute approximate surface area is 171 Å². The van der Waals surface area contributed by atoms with Gasteiger partial charge in [-0.15, -0.1) is 0 Å². The van der Waals surface area contributed by atoms with Crippen LogP contribution in [0.15, 0.2) is 42.5 Å². The summed E-state index contributed by atoms with van der Waals surface area (Å²) in [6.45, 7) is 0.779. The number of methoxy groups -OCH3 is 1. The van der Waals surface area contributed by atoms with Gasteiger partial charge >= 0.3 is 5.97 Å². The van der Waals surface area contributed by atoms with Crippen molar-refractivity contribution in [2.75, 3.05) is 19.0 Å². The number of carbonyl (C=O) groups is 4. The van der Waals surface area contributed by atoms with Gasteiger partial charge in [0.25, 0.3) is 17.7 Å². The van der Waals surface area contributed by atoms with Crippen LogP contribution in [0.25, 0.3) is 0 Å². The number of hydrogen-bond donors (Lipinski definition) is 1. The fourth-order valence-corrected chi connectivity index (χ4v) is 3.12. The Morgan fingerprint density at radius 3 is 2.28 bits per heavy atom. The Balaban J connectivity index is 1.58. The summed E-state index contributed by atoms with van der Waals surface area (Å²) in [4.78, 5) is 50.0. The van der Waals surface area contributed by atoms with Crippen molar-refractivity contribution in [3.8, 4) is 5.75 Å². The zero-order chi connectivity index (χ0) is 21.1. The minimum absolute atomic E-state index is 0.228. The number of benzene rings is 2. The molecule has 8 nitrogen and oxygen atoms in total. The van der Waals surface area contributed by atoms with E-state index in [4.69, 9.17) is 21.1 Å². The second-order valence-corrected chi connectivity index (χ2v) is 6.61. The molecule has 0 spiro atoms. The highest BCUT2D eigenvalue weighted by Gasteiger charge is 2.41. The van der Waals surface area contributed by atoms with Gasteiger partial charge in [-0.1, -0.05) is 23.7 Å². The summed E-state index contributed by atoms with van der Waals surface area (Å²) < 4.78 is 9.99. The SMILES string of the molecule is COc1ccc(NC(=O)COC(=O)[C@H](C)N2C(=O)c3ccccc3C2=O)cc1Cl. The van der Waals surface area contributed by atoms with Gasteiger partial charge in [0.1, 0.15) is 11.8 Å². The summed E-state index contributed by atoms with van der Waals surface area (Å²) in [5.41, 5.74) is 0.850. The highest BCUT2D eigenvalue weighted by molar-refractivity contribution is 6.32. The van der Waals surface area contributed by atoms with Gasteiger partial charge in [-0.2, -0.15) is 0 Å². The molecule has 0 saturated carbocycles. The van der Waals surface area contributed by atoms with Crippen LogP contribution < -0.4 is 10.1 Å². The van der Waals surface area contributed by atoms with Gasteiger partial charge in [0.05, 0.1) is 23.3 Å². The Hall–Kier alpha value is -3.39. The van der Waals surface area contributed by atoms with Crippen LogP contribution in [0.4, 0.5) is 5.69 Å². The largest absolute Gasteiger partial charge is 0.495 e. The third-order valence-electron chi connectivity index (χ3n) is 4.33. The molecule has 0 unspecified atom stereocenters. The molecule has 1 N–H and O–H groups in total. The molecular formula is C20H17ClN2O6. The first-order chi connectivity index (χ1) is 13.8. The Morgan fingerprint density at radius 1 is 1.10 bits per heavy atom. The van der Waals surface area contributed by atoms with Crippen molar-refractivity contribution in [1.82, 2.24) is 4.90 Å². The molecule has 3 amide bonds. The zero-order valence-electron chi connectivity index (χ0n) is 15.6. The summed E-state index contributed by atoms with van der Waals surface area (Å²) in [6, 6.07) is 9.76. The molecule has 3 rings (SSSR count). The molecule has 0 fully saturated rings. The molecule has 0 aromatic heterocycles. The normalized spacial score (nSPS) is 13.7. The fourth-order valence-electron chi connectivity index (χ4n) is 2.86. The van der Waals surface area contributed by atoms with Gasteiger partial charge in [-0.05, 0) is 37.3 Å². The minimum atomic E-state index is -1.18. The van der Waals surface area contributed by atoms with Crippen molar-refractivity contribution in [3.05, 3.63) is 58.6 Å². The number of rotatable bonds is 6. The van der Waals surface area contributed by atoms with Crippen LogP contribution in [0.2, 0.25) is 5.02 Å². The van der Waals surface area contributed by atoms with Gasteiger partial charge in [0.2, 0.25) is 0 Å². The molecule has 1 aliphatic rings. The van der Waals surface area contributed by atoms with E-state index in [1.807, 2.05) is 0 Å². The van der Waals surface area contributed by atoms with Crippen molar-refractivity contribution in [1.29, 1.82) is 0 Å². The molecule has 1 aliphatic heterocycles. The Kier molecular flexibility index (Phi) is 5.84. The second kappa shape index (κ2) is 8.32. The lowest BCUT2D eigenvalue weighted by Gasteiger charge is -2.20. The van der Waals surface area contributed by atoms with Crippen LogP contribution in [0.1, 0.15) is 27.6 Å². The van der Waals surface area contributed by atoms with E-state index in [1.165, 1.54) is 32.2 Å². The van der Waals surface area contributed by atoms with Crippen LogP contribution in [0, 0.1) is 0 Å². The maximum absolute atomic E-state index is 12.4. The smallest absolute Gasteiger partial charge is 0.329 e. The van der Waals surface area contributed by atoms with E-state index in [2.05, 4.69) is 5.32 Å². The maximum Gasteiger partial charge on any atom is 0.329 e. The summed E-state index contributed by atoms with van der Waals surface area (Å²) >= 11 is 5.99. The number of fused-ring (bicyclic) bond motifs is 1. The number of nitrogens with zero attached hydrogens (tertiary/aromatic N) is 1. The maximum atomic E-state index is 12.4. The number of ether oxygens (including phenoxy) is 2. The molecule has 1 atom stereocenters. The molecular weight excluding hydrogens is 400 g/mol. The predicted octanol–water partition coefficient (Wildman–Crippen LogP) is 2.52. The summed E-state index contributed by atoms with van der Waals surface area (Å²) in [6.07, 6.45) is 0. The Bertz CT molecular complexity index is 971. The fraction of sp³-hybridized carbons (Fsp3) is 0.200. The molecule has 2 aromatic rings. The van der Waals surface area contributed by atoms with Gasteiger partial charge in [-0.3, -0.25) is 19.3 Å². The van der Waals surface area contributed by atoms with Crippen molar-refractivity contribution < 1.29 is 28.7 Å². The van der Waals surface area contributed by atoms with E-state index in [-0.39, 0.29) is 11.1 Å². The molecule has 150 valence electrons. The van der Waals surface area contributed by atoms with Crippen LogP contribution in [0.5, 0.6) is 5.75 Å². The van der Waals surface area contributed by atoms with Crippen molar-refractivity contribution in [3.63, 3.8) is 0 Å². The van der Waals surface area contributed by atoms with E-state index in [9.17, 15) is 19.2 Å². The molecule has 1 heterocycles. The number of esters is 1. The number of carbonyl (C=O) groups excluding carboxylic acids is 4. The number of imide groups is 1. The molecule has 9 heteroatoms. The summed E-state index contributed by atoms with van der Waals surface area (Å²) in [5, 5.41) is 2.83. The molecule has 29 heavy (non-hydrogen) atoms. The van der Waals surface area contributed by atoms with E-state index in [1.54, 1.807) is 24.3 Å². The number of amides is 3. The van der Waals surface area contributed by atoms with Gasteiger partial charge in [-0.25, -0.2) is 4.79 Å². The third kappa shape index (κ3) is 4.07. The lowest BCUT2D eigenvalue weighted by atomic mass is 10.1. The van der Waals surface area contributed by atoms with E-state index in [0.29, 0.717) is 16.5 Å². The topological polar surface area (TPSA) is 102 Å². The lowest BCUT2D eigenvalue weighted by Crippen LogP contribution is -2.44. The first-order valence-corrected chi connectivity index (χ1v) is 8.98. The second-order valence-electron chi connectivity index (χ2n) is 6.21. The van der Waals surface area contributed by atoms with Gasteiger partial charge < -0.3 is 14.8 Å². The molecule has 2 aromatic carbocycles. The first kappa shape index (κ1) is 20.3. The van der Waals surface area contributed by atoms with E-state index < -0.39 is 36.3 Å². The number of hydrogen-bond acceptors (Lipinski definition) is 6. The van der Waals surface area contributed by atoms with E-state index in [0.717, 1.165) is 4.90 Å². The molecule has 0 radical (unpaired) electrons. The molecule has 0 bridgehead atoms. The summed E-state index contributed by atoms with van der Waals surface area (Å²) in [5.74, 6) is -2.18. The first-order valence-electron chi connectivity index (χ1n) is 8.60. The van der Waals surface area contributed by atoms with E-state index >= 15 is 0 Å². The molecule has 0 saturated heterocycles. The van der Waals surface area contributed by atoms with Crippen LogP contribution in [-0.2, 0) is 14.3 Å². The molecule has 0 aliphatic carbocycles. The van der Waals surface area contributed by atoms with Crippen molar-refractivity contribution >= 4 is 41.0 Å². The van der Waals surface area contributed by atoms with Crippen LogP contribution >= 0.6 is 11.6 Å². The number of anilines is 1.